The van der Waals surface area contributed by atoms with Gasteiger partial charge in [0.15, 0.2) is 0 Å². The molecule has 2 amide bonds. The maximum absolute atomic E-state index is 12.0. The van der Waals surface area contributed by atoms with Crippen LogP contribution in [0.15, 0.2) is 22.8 Å². The van der Waals surface area contributed by atoms with Gasteiger partial charge >= 0.3 is 0 Å². The first kappa shape index (κ1) is 12.7. The normalized spacial score (nSPS) is 19.8. The van der Waals surface area contributed by atoms with E-state index in [2.05, 4.69) is 0 Å². The minimum absolute atomic E-state index is 0.0670. The summed E-state index contributed by atoms with van der Waals surface area (Å²) in [5.74, 6) is 0.383. The van der Waals surface area contributed by atoms with Crippen molar-refractivity contribution in [3.63, 3.8) is 0 Å². The van der Waals surface area contributed by atoms with Crippen LogP contribution in [0.1, 0.15) is 25.0 Å². The number of piperidine rings is 1. The Hall–Kier alpha value is -1.78. The molecule has 2 N–H and O–H groups in total. The second kappa shape index (κ2) is 5.71. The largest absolute Gasteiger partial charge is 0.469 e. The summed E-state index contributed by atoms with van der Waals surface area (Å²) < 4.78 is 5.19. The average Bonchev–Trinajstić information content (AvgIpc) is 2.89. The van der Waals surface area contributed by atoms with E-state index in [1.165, 1.54) is 0 Å². The van der Waals surface area contributed by atoms with E-state index in [9.17, 15) is 9.59 Å². The molecule has 1 aliphatic heterocycles. The van der Waals surface area contributed by atoms with Crippen molar-refractivity contribution in [2.75, 3.05) is 13.1 Å². The maximum atomic E-state index is 12.0. The Labute approximate surface area is 106 Å². The summed E-state index contributed by atoms with van der Waals surface area (Å²) in [6, 6.07) is 3.67. The van der Waals surface area contributed by atoms with Gasteiger partial charge in [0.05, 0.1) is 12.2 Å². The number of nitrogens with two attached hydrogens (primary N) is 1. The standard InChI is InChI=1S/C13H18N2O3/c14-13(17)10-3-1-7-15(9-10)12(16)6-5-11-4-2-8-18-11/h2,4,8,10H,1,3,5-7,9H2,(H2,14,17). The second-order valence-corrected chi connectivity index (χ2v) is 4.66. The highest BCUT2D eigenvalue weighted by Crippen LogP contribution is 2.17. The van der Waals surface area contributed by atoms with Gasteiger partial charge in [0.1, 0.15) is 5.76 Å². The molecule has 0 radical (unpaired) electrons. The van der Waals surface area contributed by atoms with Crippen LogP contribution in [0.4, 0.5) is 0 Å². The Kier molecular flexibility index (Phi) is 4.02. The van der Waals surface area contributed by atoms with Gasteiger partial charge in [0.25, 0.3) is 0 Å². The maximum Gasteiger partial charge on any atom is 0.223 e. The zero-order chi connectivity index (χ0) is 13.0. The fourth-order valence-corrected chi connectivity index (χ4v) is 2.28. The molecule has 1 unspecified atom stereocenters. The molecule has 5 heteroatoms. The summed E-state index contributed by atoms with van der Waals surface area (Å²) in [5, 5.41) is 0. The van der Waals surface area contributed by atoms with E-state index in [4.69, 9.17) is 10.2 Å². The van der Waals surface area contributed by atoms with Gasteiger partial charge in [-0.25, -0.2) is 0 Å². The molecule has 1 atom stereocenters. The quantitative estimate of drug-likeness (QED) is 0.863. The lowest BCUT2D eigenvalue weighted by molar-refractivity contribution is -0.134. The van der Waals surface area contributed by atoms with Crippen molar-refractivity contribution < 1.29 is 14.0 Å². The van der Waals surface area contributed by atoms with Crippen LogP contribution in [0.5, 0.6) is 0 Å². The second-order valence-electron chi connectivity index (χ2n) is 4.66. The van der Waals surface area contributed by atoms with Crippen molar-refractivity contribution in [3.05, 3.63) is 24.2 Å². The highest BCUT2D eigenvalue weighted by Gasteiger charge is 2.26. The van der Waals surface area contributed by atoms with Crippen LogP contribution in [-0.4, -0.2) is 29.8 Å². The van der Waals surface area contributed by atoms with Crippen molar-refractivity contribution in [2.24, 2.45) is 11.7 Å². The molecule has 2 rings (SSSR count). The monoisotopic (exact) mass is 250 g/mol. The first-order valence-electron chi connectivity index (χ1n) is 6.26. The van der Waals surface area contributed by atoms with Gasteiger partial charge in [-0.3, -0.25) is 9.59 Å². The predicted molar refractivity (Wildman–Crippen MR) is 65.5 cm³/mol. The molecule has 0 bridgehead atoms. The first-order chi connectivity index (χ1) is 8.66. The Balaban J connectivity index is 1.83. The fraction of sp³-hybridized carbons (Fsp3) is 0.538. The van der Waals surface area contributed by atoms with E-state index in [0.29, 0.717) is 19.4 Å². The van der Waals surface area contributed by atoms with E-state index >= 15 is 0 Å². The third-order valence-corrected chi connectivity index (χ3v) is 3.34. The number of furan rings is 1. The summed E-state index contributed by atoms with van der Waals surface area (Å²) >= 11 is 0. The minimum atomic E-state index is -0.307. The van der Waals surface area contributed by atoms with Gasteiger partial charge < -0.3 is 15.1 Å². The number of amides is 2. The molecule has 1 fully saturated rings. The Bertz CT molecular complexity index is 414. The third-order valence-electron chi connectivity index (χ3n) is 3.34. The smallest absolute Gasteiger partial charge is 0.223 e. The van der Waals surface area contributed by atoms with E-state index in [1.54, 1.807) is 11.2 Å². The van der Waals surface area contributed by atoms with Gasteiger partial charge in [-0.2, -0.15) is 0 Å². The van der Waals surface area contributed by atoms with Crippen LogP contribution >= 0.6 is 0 Å². The number of carbonyl (C=O) groups is 2. The van der Waals surface area contributed by atoms with Crippen molar-refractivity contribution in [3.8, 4) is 0 Å². The van der Waals surface area contributed by atoms with Gasteiger partial charge in [-0.15, -0.1) is 0 Å². The average molecular weight is 250 g/mol. The van der Waals surface area contributed by atoms with Gasteiger partial charge in [-0.1, -0.05) is 0 Å². The molecular formula is C13H18N2O3. The molecule has 0 spiro atoms. The number of primary amides is 1. The number of carbonyl (C=O) groups excluding carboxylic acids is 2. The van der Waals surface area contributed by atoms with E-state index in [-0.39, 0.29) is 17.7 Å². The minimum Gasteiger partial charge on any atom is -0.469 e. The molecular weight excluding hydrogens is 232 g/mol. The Morgan fingerprint density at radius 2 is 2.33 bits per heavy atom. The highest BCUT2D eigenvalue weighted by molar-refractivity contribution is 5.80. The molecule has 5 nitrogen and oxygen atoms in total. The van der Waals surface area contributed by atoms with Crippen LogP contribution in [0, 0.1) is 5.92 Å². The Morgan fingerprint density at radius 1 is 1.50 bits per heavy atom. The van der Waals surface area contributed by atoms with E-state index < -0.39 is 0 Å². The SMILES string of the molecule is NC(=O)C1CCCN(C(=O)CCc2ccco2)C1. The summed E-state index contributed by atoms with van der Waals surface area (Å²) in [6.07, 6.45) is 4.25. The summed E-state index contributed by atoms with van der Waals surface area (Å²) in [4.78, 5) is 24.9. The van der Waals surface area contributed by atoms with Crippen molar-refractivity contribution in [2.45, 2.75) is 25.7 Å². The summed E-state index contributed by atoms with van der Waals surface area (Å²) in [6.45, 7) is 1.19. The van der Waals surface area contributed by atoms with Crippen LogP contribution in [0.2, 0.25) is 0 Å². The molecule has 2 heterocycles. The molecule has 1 saturated heterocycles. The number of likely N-dealkylation sites (tertiary alicyclic amines) is 1. The predicted octanol–water partition coefficient (Wildman–Crippen LogP) is 0.936. The van der Waals surface area contributed by atoms with Gasteiger partial charge in [0, 0.05) is 25.9 Å². The van der Waals surface area contributed by atoms with Crippen molar-refractivity contribution >= 4 is 11.8 Å². The topological polar surface area (TPSA) is 76.5 Å². The molecule has 0 saturated carbocycles. The zero-order valence-electron chi connectivity index (χ0n) is 10.3. The zero-order valence-corrected chi connectivity index (χ0v) is 10.3. The molecule has 1 aromatic heterocycles. The summed E-state index contributed by atoms with van der Waals surface area (Å²) in [5.41, 5.74) is 5.29. The van der Waals surface area contributed by atoms with Crippen LogP contribution in [0.25, 0.3) is 0 Å². The number of hydrogen-bond donors (Lipinski definition) is 1. The summed E-state index contributed by atoms with van der Waals surface area (Å²) in [7, 11) is 0. The first-order valence-corrected chi connectivity index (χ1v) is 6.26. The van der Waals surface area contributed by atoms with Gasteiger partial charge in [0.2, 0.25) is 11.8 Å². The van der Waals surface area contributed by atoms with Crippen molar-refractivity contribution in [1.82, 2.24) is 4.90 Å². The number of aryl methyl sites for hydroxylation is 1. The van der Waals surface area contributed by atoms with E-state index in [1.807, 2.05) is 12.1 Å². The molecule has 1 aromatic rings. The lowest BCUT2D eigenvalue weighted by atomic mass is 9.97. The number of rotatable bonds is 4. The highest BCUT2D eigenvalue weighted by atomic mass is 16.3. The van der Waals surface area contributed by atoms with E-state index in [0.717, 1.165) is 25.1 Å². The van der Waals surface area contributed by atoms with Gasteiger partial charge in [-0.05, 0) is 25.0 Å². The lowest BCUT2D eigenvalue weighted by Gasteiger charge is -2.31. The fourth-order valence-electron chi connectivity index (χ4n) is 2.28. The molecule has 18 heavy (non-hydrogen) atoms. The molecule has 0 aliphatic carbocycles. The Morgan fingerprint density at radius 3 is 3.00 bits per heavy atom. The number of nitrogens with zero attached hydrogens (tertiary/aromatic N) is 1. The van der Waals surface area contributed by atoms with Crippen molar-refractivity contribution in [1.29, 1.82) is 0 Å². The third kappa shape index (κ3) is 3.12. The van der Waals surface area contributed by atoms with Crippen LogP contribution in [-0.2, 0) is 16.0 Å². The van der Waals surface area contributed by atoms with Crippen LogP contribution in [0.3, 0.4) is 0 Å². The molecule has 98 valence electrons. The lowest BCUT2D eigenvalue weighted by Crippen LogP contribution is -2.44. The number of hydrogen-bond acceptors (Lipinski definition) is 3. The van der Waals surface area contributed by atoms with Crippen LogP contribution < -0.4 is 5.73 Å². The molecule has 0 aromatic carbocycles. The molecule has 1 aliphatic rings.